The van der Waals surface area contributed by atoms with E-state index in [4.69, 9.17) is 39.5 Å². The Hall–Kier alpha value is -0.930. The SMILES string of the molecule is OC(COc1ccc(Cl)cc1)c1cccc(Cl)c1Cl. The van der Waals surface area contributed by atoms with Crippen molar-refractivity contribution in [2.45, 2.75) is 6.10 Å². The minimum atomic E-state index is -0.845. The Morgan fingerprint density at radius 1 is 1.00 bits per heavy atom. The molecule has 1 N–H and O–H groups in total. The number of hydrogen-bond acceptors (Lipinski definition) is 2. The molecular weight excluding hydrogens is 307 g/mol. The number of hydrogen-bond donors (Lipinski definition) is 1. The van der Waals surface area contributed by atoms with Crippen molar-refractivity contribution in [2.75, 3.05) is 6.61 Å². The van der Waals surface area contributed by atoms with Crippen LogP contribution in [0.25, 0.3) is 0 Å². The maximum Gasteiger partial charge on any atom is 0.119 e. The average molecular weight is 318 g/mol. The highest BCUT2D eigenvalue weighted by molar-refractivity contribution is 6.42. The highest BCUT2D eigenvalue weighted by Gasteiger charge is 2.14. The van der Waals surface area contributed by atoms with E-state index in [2.05, 4.69) is 0 Å². The zero-order valence-electron chi connectivity index (χ0n) is 9.82. The first kappa shape index (κ1) is 14.5. The maximum absolute atomic E-state index is 10.0. The van der Waals surface area contributed by atoms with Crippen molar-refractivity contribution in [1.82, 2.24) is 0 Å². The van der Waals surface area contributed by atoms with Crippen molar-refractivity contribution in [2.24, 2.45) is 0 Å². The Labute approximate surface area is 126 Å². The second-order valence-corrected chi connectivity index (χ2v) is 5.15. The lowest BCUT2D eigenvalue weighted by Crippen LogP contribution is -2.10. The molecule has 2 aromatic carbocycles. The predicted molar refractivity (Wildman–Crippen MR) is 78.4 cm³/mol. The van der Waals surface area contributed by atoms with Crippen LogP contribution in [0.4, 0.5) is 0 Å². The second kappa shape index (κ2) is 6.49. The van der Waals surface area contributed by atoms with Gasteiger partial charge in [0.15, 0.2) is 0 Å². The summed E-state index contributed by atoms with van der Waals surface area (Å²) >= 11 is 17.7. The lowest BCUT2D eigenvalue weighted by atomic mass is 10.1. The molecule has 0 amide bonds. The molecule has 5 heteroatoms. The fourth-order valence-electron chi connectivity index (χ4n) is 1.57. The summed E-state index contributed by atoms with van der Waals surface area (Å²) in [6.07, 6.45) is -0.845. The van der Waals surface area contributed by atoms with Gasteiger partial charge in [-0.1, -0.05) is 46.9 Å². The molecule has 0 fully saturated rings. The molecule has 0 saturated heterocycles. The van der Waals surface area contributed by atoms with Gasteiger partial charge in [0.1, 0.15) is 18.5 Å². The average Bonchev–Trinajstić information content (AvgIpc) is 2.41. The van der Waals surface area contributed by atoms with Gasteiger partial charge in [0.05, 0.1) is 10.0 Å². The Morgan fingerprint density at radius 2 is 1.68 bits per heavy atom. The van der Waals surface area contributed by atoms with Crippen LogP contribution in [0.15, 0.2) is 42.5 Å². The molecule has 0 aromatic heterocycles. The van der Waals surface area contributed by atoms with Gasteiger partial charge >= 0.3 is 0 Å². The quantitative estimate of drug-likeness (QED) is 0.881. The standard InChI is InChI=1S/C14H11Cl3O2/c15-9-4-6-10(7-5-9)19-8-13(18)11-2-1-3-12(16)14(11)17/h1-7,13,18H,8H2. The molecule has 19 heavy (non-hydrogen) atoms. The van der Waals surface area contributed by atoms with E-state index < -0.39 is 6.10 Å². The van der Waals surface area contributed by atoms with Crippen molar-refractivity contribution in [3.8, 4) is 5.75 Å². The van der Waals surface area contributed by atoms with Crippen molar-refractivity contribution in [1.29, 1.82) is 0 Å². The van der Waals surface area contributed by atoms with Gasteiger partial charge < -0.3 is 9.84 Å². The first-order chi connectivity index (χ1) is 9.08. The van der Waals surface area contributed by atoms with Gasteiger partial charge in [-0.3, -0.25) is 0 Å². The summed E-state index contributed by atoms with van der Waals surface area (Å²) in [5.41, 5.74) is 0.545. The van der Waals surface area contributed by atoms with Gasteiger partial charge in [-0.2, -0.15) is 0 Å². The van der Waals surface area contributed by atoms with Crippen LogP contribution in [-0.4, -0.2) is 11.7 Å². The van der Waals surface area contributed by atoms with E-state index in [0.717, 1.165) is 0 Å². The van der Waals surface area contributed by atoms with E-state index >= 15 is 0 Å². The summed E-state index contributed by atoms with van der Waals surface area (Å²) in [7, 11) is 0. The number of benzene rings is 2. The first-order valence-corrected chi connectivity index (χ1v) is 6.71. The van der Waals surface area contributed by atoms with Gasteiger partial charge in [0.2, 0.25) is 0 Å². The molecule has 2 aromatic rings. The summed E-state index contributed by atoms with van der Waals surface area (Å²) in [6, 6.07) is 12.0. The van der Waals surface area contributed by atoms with Crippen LogP contribution in [-0.2, 0) is 0 Å². The minimum Gasteiger partial charge on any atom is -0.491 e. The Morgan fingerprint density at radius 3 is 2.37 bits per heavy atom. The van der Waals surface area contributed by atoms with Gasteiger partial charge in [0.25, 0.3) is 0 Å². The lowest BCUT2D eigenvalue weighted by molar-refractivity contribution is 0.108. The van der Waals surface area contributed by atoms with Crippen LogP contribution in [0.5, 0.6) is 5.75 Å². The van der Waals surface area contributed by atoms with E-state index in [0.29, 0.717) is 26.4 Å². The predicted octanol–water partition coefficient (Wildman–Crippen LogP) is 4.76. The zero-order chi connectivity index (χ0) is 13.8. The summed E-state index contributed by atoms with van der Waals surface area (Å²) in [6.45, 7) is 0.0850. The third kappa shape index (κ3) is 3.77. The molecule has 0 aliphatic carbocycles. The zero-order valence-corrected chi connectivity index (χ0v) is 12.1. The van der Waals surface area contributed by atoms with Gasteiger partial charge in [-0.05, 0) is 30.3 Å². The molecule has 2 nitrogen and oxygen atoms in total. The Balaban J connectivity index is 2.03. The molecule has 1 unspecified atom stereocenters. The molecule has 1 atom stereocenters. The molecule has 0 aliphatic rings. The summed E-state index contributed by atoms with van der Waals surface area (Å²) in [5, 5.41) is 11.4. The highest BCUT2D eigenvalue weighted by atomic mass is 35.5. The largest absolute Gasteiger partial charge is 0.491 e. The highest BCUT2D eigenvalue weighted by Crippen LogP contribution is 2.30. The third-order valence-electron chi connectivity index (χ3n) is 2.56. The Kier molecular flexibility index (Phi) is 4.94. The molecule has 0 radical (unpaired) electrons. The fraction of sp³-hybridized carbons (Fsp3) is 0.143. The summed E-state index contributed by atoms with van der Waals surface area (Å²) in [4.78, 5) is 0. The van der Waals surface area contributed by atoms with E-state index in [1.807, 2.05) is 0 Å². The second-order valence-electron chi connectivity index (χ2n) is 3.92. The van der Waals surface area contributed by atoms with E-state index in [-0.39, 0.29) is 6.61 Å². The van der Waals surface area contributed by atoms with Crippen LogP contribution < -0.4 is 4.74 Å². The molecule has 0 heterocycles. The minimum absolute atomic E-state index is 0.0850. The molecular formula is C14H11Cl3O2. The molecule has 100 valence electrons. The number of aliphatic hydroxyl groups is 1. The smallest absolute Gasteiger partial charge is 0.119 e. The van der Waals surface area contributed by atoms with Crippen LogP contribution in [0.1, 0.15) is 11.7 Å². The monoisotopic (exact) mass is 316 g/mol. The number of halogens is 3. The Bertz CT molecular complexity index is 555. The first-order valence-electron chi connectivity index (χ1n) is 5.58. The normalized spacial score (nSPS) is 12.2. The summed E-state index contributed by atoms with van der Waals surface area (Å²) < 4.78 is 5.46. The van der Waals surface area contributed by atoms with Crippen molar-refractivity contribution < 1.29 is 9.84 Å². The van der Waals surface area contributed by atoms with Crippen molar-refractivity contribution >= 4 is 34.8 Å². The van der Waals surface area contributed by atoms with Gasteiger partial charge in [-0.25, -0.2) is 0 Å². The van der Waals surface area contributed by atoms with Crippen LogP contribution in [0, 0.1) is 0 Å². The number of rotatable bonds is 4. The fourth-order valence-corrected chi connectivity index (χ4v) is 2.13. The van der Waals surface area contributed by atoms with Crippen molar-refractivity contribution in [3.63, 3.8) is 0 Å². The molecule has 0 saturated carbocycles. The molecule has 0 spiro atoms. The third-order valence-corrected chi connectivity index (χ3v) is 3.65. The topological polar surface area (TPSA) is 29.5 Å². The number of aliphatic hydroxyl groups excluding tert-OH is 1. The lowest BCUT2D eigenvalue weighted by Gasteiger charge is -2.14. The van der Waals surface area contributed by atoms with E-state index in [9.17, 15) is 5.11 Å². The van der Waals surface area contributed by atoms with E-state index in [1.54, 1.807) is 42.5 Å². The van der Waals surface area contributed by atoms with Crippen LogP contribution in [0.2, 0.25) is 15.1 Å². The molecule has 2 rings (SSSR count). The molecule has 0 bridgehead atoms. The maximum atomic E-state index is 10.0. The van der Waals surface area contributed by atoms with Crippen molar-refractivity contribution in [3.05, 3.63) is 63.1 Å². The van der Waals surface area contributed by atoms with Gasteiger partial charge in [0, 0.05) is 10.6 Å². The van der Waals surface area contributed by atoms with Gasteiger partial charge in [-0.15, -0.1) is 0 Å². The van der Waals surface area contributed by atoms with Crippen LogP contribution >= 0.6 is 34.8 Å². The molecule has 0 aliphatic heterocycles. The number of ether oxygens (including phenoxy) is 1. The van der Waals surface area contributed by atoms with Crippen LogP contribution in [0.3, 0.4) is 0 Å². The van der Waals surface area contributed by atoms with E-state index in [1.165, 1.54) is 0 Å². The summed E-state index contributed by atoms with van der Waals surface area (Å²) in [5.74, 6) is 0.626.